The highest BCUT2D eigenvalue weighted by Gasteiger charge is 2.20. The molecule has 5 aromatic rings. The molecule has 38 heavy (non-hydrogen) atoms. The van der Waals surface area contributed by atoms with E-state index < -0.39 is 0 Å². The molecule has 2 heteroatoms. The fraction of sp³-hybridized carbons (Fsp3) is 0.0833. The summed E-state index contributed by atoms with van der Waals surface area (Å²) in [6, 6.07) is 42.8. The molecule has 5 rings (SSSR count). The maximum atomic E-state index is 13.3. The van der Waals surface area contributed by atoms with Crippen LogP contribution in [0.5, 0.6) is 0 Å². The lowest BCUT2D eigenvalue weighted by molar-refractivity contribution is 0.102. The monoisotopic (exact) mass is 493 g/mol. The summed E-state index contributed by atoms with van der Waals surface area (Å²) >= 11 is 0. The first-order valence-corrected chi connectivity index (χ1v) is 13.0. The van der Waals surface area contributed by atoms with E-state index in [1.54, 1.807) is 0 Å². The second-order valence-corrected chi connectivity index (χ2v) is 9.75. The number of hydrogen-bond acceptors (Lipinski definition) is 1. The third-order valence-corrected chi connectivity index (χ3v) is 6.84. The van der Waals surface area contributed by atoms with Gasteiger partial charge in [-0.25, -0.2) is 0 Å². The zero-order valence-corrected chi connectivity index (χ0v) is 21.8. The van der Waals surface area contributed by atoms with E-state index in [0.717, 1.165) is 44.6 Å². The molecule has 0 fully saturated rings. The minimum Gasteiger partial charge on any atom is -0.321 e. The normalized spacial score (nSPS) is 10.8. The van der Waals surface area contributed by atoms with Gasteiger partial charge in [-0.1, -0.05) is 124 Å². The van der Waals surface area contributed by atoms with Gasteiger partial charge in [0.15, 0.2) is 0 Å². The molecule has 0 saturated carbocycles. The van der Waals surface area contributed by atoms with E-state index in [1.807, 2.05) is 66.7 Å². The first-order chi connectivity index (χ1) is 18.5. The Hall–Kier alpha value is -4.69. The summed E-state index contributed by atoms with van der Waals surface area (Å²) in [6.07, 6.45) is 0. The van der Waals surface area contributed by atoms with Crippen molar-refractivity contribution in [1.29, 1.82) is 0 Å². The Morgan fingerprint density at radius 2 is 1.11 bits per heavy atom. The molecule has 0 spiro atoms. The molecule has 0 heterocycles. The van der Waals surface area contributed by atoms with Crippen LogP contribution < -0.4 is 5.32 Å². The van der Waals surface area contributed by atoms with Crippen LogP contribution in [0.25, 0.3) is 27.8 Å². The van der Waals surface area contributed by atoms with Gasteiger partial charge in [0.2, 0.25) is 0 Å². The SMILES string of the molecule is C=C(c1ccc(-c2ccccc2)cc1)c1cc(-c2ccccc2)cc(C(C)C)c1NC(=O)c1ccccc1. The number of rotatable bonds is 7. The molecule has 0 aromatic heterocycles. The van der Waals surface area contributed by atoms with Crippen LogP contribution in [0.2, 0.25) is 0 Å². The van der Waals surface area contributed by atoms with Gasteiger partial charge in [-0.05, 0) is 69.1 Å². The van der Waals surface area contributed by atoms with E-state index in [-0.39, 0.29) is 11.8 Å². The van der Waals surface area contributed by atoms with E-state index in [0.29, 0.717) is 5.56 Å². The number of hydrogen-bond donors (Lipinski definition) is 1. The van der Waals surface area contributed by atoms with Crippen LogP contribution in [-0.2, 0) is 0 Å². The molecule has 0 aliphatic heterocycles. The molecule has 2 nitrogen and oxygen atoms in total. The topological polar surface area (TPSA) is 29.1 Å². The van der Waals surface area contributed by atoms with Gasteiger partial charge in [-0.2, -0.15) is 0 Å². The zero-order chi connectivity index (χ0) is 26.5. The van der Waals surface area contributed by atoms with Crippen LogP contribution in [0.1, 0.15) is 46.8 Å². The van der Waals surface area contributed by atoms with Gasteiger partial charge in [0.05, 0.1) is 5.69 Å². The summed E-state index contributed by atoms with van der Waals surface area (Å²) in [5.41, 5.74) is 9.87. The van der Waals surface area contributed by atoms with Crippen LogP contribution in [0.4, 0.5) is 5.69 Å². The molecular weight excluding hydrogens is 462 g/mol. The summed E-state index contributed by atoms with van der Waals surface area (Å²) in [4.78, 5) is 13.3. The van der Waals surface area contributed by atoms with Crippen molar-refractivity contribution in [2.24, 2.45) is 0 Å². The van der Waals surface area contributed by atoms with Crippen LogP contribution in [-0.4, -0.2) is 5.91 Å². The third kappa shape index (κ3) is 5.35. The molecule has 0 unspecified atom stereocenters. The Morgan fingerprint density at radius 3 is 1.66 bits per heavy atom. The third-order valence-electron chi connectivity index (χ3n) is 6.84. The zero-order valence-electron chi connectivity index (χ0n) is 21.8. The van der Waals surface area contributed by atoms with Crippen molar-refractivity contribution >= 4 is 17.2 Å². The number of carbonyl (C=O) groups excluding carboxylic acids is 1. The average molecular weight is 494 g/mol. The molecule has 0 aliphatic rings. The van der Waals surface area contributed by atoms with Gasteiger partial charge in [0.25, 0.3) is 5.91 Å². The Kier molecular flexibility index (Phi) is 7.33. The predicted molar refractivity (Wildman–Crippen MR) is 160 cm³/mol. The van der Waals surface area contributed by atoms with Gasteiger partial charge >= 0.3 is 0 Å². The largest absolute Gasteiger partial charge is 0.321 e. The van der Waals surface area contributed by atoms with Gasteiger partial charge in [-0.15, -0.1) is 0 Å². The van der Waals surface area contributed by atoms with Crippen LogP contribution in [0.3, 0.4) is 0 Å². The second-order valence-electron chi connectivity index (χ2n) is 9.75. The summed E-state index contributed by atoms with van der Waals surface area (Å²) < 4.78 is 0. The lowest BCUT2D eigenvalue weighted by atomic mass is 9.87. The van der Waals surface area contributed by atoms with Crippen molar-refractivity contribution < 1.29 is 4.79 Å². The second kappa shape index (κ2) is 11.1. The number of benzene rings is 5. The van der Waals surface area contributed by atoms with Crippen LogP contribution in [0.15, 0.2) is 134 Å². The van der Waals surface area contributed by atoms with Crippen molar-refractivity contribution in [3.63, 3.8) is 0 Å². The first-order valence-electron chi connectivity index (χ1n) is 13.0. The molecule has 0 atom stereocenters. The smallest absolute Gasteiger partial charge is 0.255 e. The van der Waals surface area contributed by atoms with Crippen molar-refractivity contribution in [3.8, 4) is 22.3 Å². The van der Waals surface area contributed by atoms with Gasteiger partial charge in [-0.3, -0.25) is 4.79 Å². The summed E-state index contributed by atoms with van der Waals surface area (Å²) in [6.45, 7) is 8.83. The van der Waals surface area contributed by atoms with Gasteiger partial charge in [0.1, 0.15) is 0 Å². The maximum Gasteiger partial charge on any atom is 0.255 e. The molecule has 1 amide bonds. The average Bonchev–Trinajstić information content (AvgIpc) is 2.98. The number of carbonyl (C=O) groups is 1. The van der Waals surface area contributed by atoms with Crippen LogP contribution >= 0.6 is 0 Å². The molecule has 0 radical (unpaired) electrons. The fourth-order valence-electron chi connectivity index (χ4n) is 4.72. The molecule has 0 aliphatic carbocycles. The van der Waals surface area contributed by atoms with E-state index in [4.69, 9.17) is 0 Å². The molecular formula is C36H31NO. The molecule has 1 N–H and O–H groups in total. The Labute approximate surface area is 225 Å². The molecule has 186 valence electrons. The predicted octanol–water partition coefficient (Wildman–Crippen LogP) is 9.46. The summed E-state index contributed by atoms with van der Waals surface area (Å²) in [5.74, 6) is 0.0604. The molecule has 0 saturated heterocycles. The molecule has 5 aromatic carbocycles. The minimum absolute atomic E-state index is 0.131. The van der Waals surface area contributed by atoms with E-state index in [2.05, 4.69) is 86.4 Å². The van der Waals surface area contributed by atoms with Crippen molar-refractivity contribution in [2.75, 3.05) is 5.32 Å². The van der Waals surface area contributed by atoms with Crippen molar-refractivity contribution in [2.45, 2.75) is 19.8 Å². The maximum absolute atomic E-state index is 13.3. The van der Waals surface area contributed by atoms with Gasteiger partial charge in [0, 0.05) is 11.1 Å². The standard InChI is InChI=1S/C36H31NO/c1-25(2)33-23-32(29-15-9-5-10-16-29)24-34(35(33)37-36(38)31-17-11-6-12-18-31)26(3)27-19-21-30(22-20-27)28-13-7-4-8-14-28/h4-25H,3H2,1-2H3,(H,37,38). The lowest BCUT2D eigenvalue weighted by Crippen LogP contribution is -2.15. The minimum atomic E-state index is -0.131. The van der Waals surface area contributed by atoms with Crippen LogP contribution in [0, 0.1) is 0 Å². The highest BCUT2D eigenvalue weighted by atomic mass is 16.1. The van der Waals surface area contributed by atoms with E-state index in [9.17, 15) is 4.79 Å². The molecule has 0 bridgehead atoms. The highest BCUT2D eigenvalue weighted by molar-refractivity contribution is 6.07. The van der Waals surface area contributed by atoms with E-state index >= 15 is 0 Å². The Bertz CT molecular complexity index is 1550. The number of anilines is 1. The lowest BCUT2D eigenvalue weighted by Gasteiger charge is -2.22. The Morgan fingerprint density at radius 1 is 0.605 bits per heavy atom. The van der Waals surface area contributed by atoms with Crippen molar-refractivity contribution in [1.82, 2.24) is 0 Å². The summed E-state index contributed by atoms with van der Waals surface area (Å²) in [5, 5.41) is 3.24. The Balaban J connectivity index is 1.61. The van der Waals surface area contributed by atoms with E-state index in [1.165, 1.54) is 5.56 Å². The first kappa shape index (κ1) is 25.0. The van der Waals surface area contributed by atoms with Gasteiger partial charge < -0.3 is 5.32 Å². The number of nitrogens with one attached hydrogen (secondary N) is 1. The number of amides is 1. The van der Waals surface area contributed by atoms with Crippen molar-refractivity contribution in [3.05, 3.63) is 156 Å². The highest BCUT2D eigenvalue weighted by Crippen LogP contribution is 2.39. The quantitative estimate of drug-likeness (QED) is 0.240. The summed E-state index contributed by atoms with van der Waals surface area (Å²) in [7, 11) is 0. The fourth-order valence-corrected chi connectivity index (χ4v) is 4.72.